The number of benzene rings is 1. The maximum Gasteiger partial charge on any atom is 0.167 e. The van der Waals surface area contributed by atoms with Crippen molar-refractivity contribution in [2.24, 2.45) is 0 Å². The minimum atomic E-state index is -0.977. The van der Waals surface area contributed by atoms with Gasteiger partial charge >= 0.3 is 0 Å². The SMILES string of the molecule is Cc1cccc(OCC(O)CO)c1F. The molecule has 0 saturated heterocycles. The lowest BCUT2D eigenvalue weighted by atomic mass is 10.2. The lowest BCUT2D eigenvalue weighted by Gasteiger charge is -2.11. The average Bonchev–Trinajstić information content (AvgIpc) is 2.20. The molecule has 0 heterocycles. The minimum absolute atomic E-state index is 0.0949. The third-order valence-corrected chi connectivity index (χ3v) is 1.80. The van der Waals surface area contributed by atoms with Gasteiger partial charge in [0.05, 0.1) is 6.61 Å². The second kappa shape index (κ2) is 4.93. The quantitative estimate of drug-likeness (QED) is 0.758. The van der Waals surface area contributed by atoms with E-state index in [1.54, 1.807) is 19.1 Å². The number of rotatable bonds is 4. The molecular formula is C10H13FO3. The molecule has 0 saturated carbocycles. The van der Waals surface area contributed by atoms with Gasteiger partial charge in [-0.2, -0.15) is 0 Å². The Kier molecular flexibility index (Phi) is 3.85. The number of aliphatic hydroxyl groups is 2. The number of hydrogen-bond acceptors (Lipinski definition) is 3. The van der Waals surface area contributed by atoms with Gasteiger partial charge in [-0.3, -0.25) is 0 Å². The molecule has 1 rings (SSSR count). The molecule has 0 aliphatic rings. The van der Waals surface area contributed by atoms with E-state index in [1.165, 1.54) is 6.07 Å². The van der Waals surface area contributed by atoms with Crippen LogP contribution in [-0.2, 0) is 0 Å². The second-order valence-corrected chi connectivity index (χ2v) is 3.03. The number of halogens is 1. The van der Waals surface area contributed by atoms with Crippen LogP contribution in [0.5, 0.6) is 5.75 Å². The van der Waals surface area contributed by atoms with Crippen molar-refractivity contribution in [3.05, 3.63) is 29.6 Å². The molecule has 0 amide bonds. The Morgan fingerprint density at radius 3 is 2.86 bits per heavy atom. The summed E-state index contributed by atoms with van der Waals surface area (Å²) in [4.78, 5) is 0. The Labute approximate surface area is 81.8 Å². The van der Waals surface area contributed by atoms with E-state index in [0.29, 0.717) is 5.56 Å². The van der Waals surface area contributed by atoms with Gasteiger partial charge in [0.1, 0.15) is 12.7 Å². The van der Waals surface area contributed by atoms with Crippen molar-refractivity contribution in [2.45, 2.75) is 13.0 Å². The number of aryl methyl sites for hydroxylation is 1. The van der Waals surface area contributed by atoms with Crippen LogP contribution >= 0.6 is 0 Å². The van der Waals surface area contributed by atoms with Crippen LogP contribution in [0.4, 0.5) is 4.39 Å². The van der Waals surface area contributed by atoms with Crippen molar-refractivity contribution in [1.82, 2.24) is 0 Å². The summed E-state index contributed by atoms with van der Waals surface area (Å²) in [5, 5.41) is 17.5. The molecule has 0 aliphatic heterocycles. The molecule has 1 aromatic rings. The largest absolute Gasteiger partial charge is 0.488 e. The maximum absolute atomic E-state index is 13.3. The molecule has 0 aliphatic carbocycles. The molecule has 1 aromatic carbocycles. The molecule has 1 atom stereocenters. The zero-order valence-corrected chi connectivity index (χ0v) is 7.90. The third-order valence-electron chi connectivity index (χ3n) is 1.80. The van der Waals surface area contributed by atoms with E-state index in [2.05, 4.69) is 0 Å². The summed E-state index contributed by atoms with van der Waals surface area (Å²) in [7, 11) is 0. The first-order chi connectivity index (χ1) is 6.65. The Bertz CT molecular complexity index is 301. The van der Waals surface area contributed by atoms with Crippen LogP contribution in [-0.4, -0.2) is 29.5 Å². The van der Waals surface area contributed by atoms with E-state index in [1.807, 2.05) is 0 Å². The molecule has 2 N–H and O–H groups in total. The molecule has 0 bridgehead atoms. The lowest BCUT2D eigenvalue weighted by molar-refractivity contribution is 0.0523. The zero-order chi connectivity index (χ0) is 10.6. The summed E-state index contributed by atoms with van der Waals surface area (Å²) < 4.78 is 18.3. The molecular weight excluding hydrogens is 187 g/mol. The normalized spacial score (nSPS) is 12.6. The van der Waals surface area contributed by atoms with Gasteiger partial charge < -0.3 is 14.9 Å². The van der Waals surface area contributed by atoms with Crippen LogP contribution in [0.3, 0.4) is 0 Å². The average molecular weight is 200 g/mol. The van der Waals surface area contributed by atoms with E-state index in [0.717, 1.165) is 0 Å². The van der Waals surface area contributed by atoms with Gasteiger partial charge in [0.15, 0.2) is 11.6 Å². The monoisotopic (exact) mass is 200 g/mol. The number of hydrogen-bond donors (Lipinski definition) is 2. The molecule has 4 heteroatoms. The minimum Gasteiger partial charge on any atom is -0.488 e. The van der Waals surface area contributed by atoms with E-state index in [-0.39, 0.29) is 12.4 Å². The molecule has 0 radical (unpaired) electrons. The van der Waals surface area contributed by atoms with Crippen molar-refractivity contribution >= 4 is 0 Å². The first-order valence-corrected chi connectivity index (χ1v) is 4.32. The van der Waals surface area contributed by atoms with Crippen LogP contribution in [0.25, 0.3) is 0 Å². The molecule has 1 unspecified atom stereocenters. The fourth-order valence-electron chi connectivity index (χ4n) is 0.971. The summed E-state index contributed by atoms with van der Waals surface area (Å²) in [6.07, 6.45) is -0.977. The predicted molar refractivity (Wildman–Crippen MR) is 49.7 cm³/mol. The maximum atomic E-state index is 13.3. The standard InChI is InChI=1S/C10H13FO3/c1-7-3-2-4-9(10(7)11)14-6-8(13)5-12/h2-4,8,12-13H,5-6H2,1H3. The van der Waals surface area contributed by atoms with Crippen molar-refractivity contribution in [2.75, 3.05) is 13.2 Å². The molecule has 78 valence electrons. The Balaban J connectivity index is 2.63. The van der Waals surface area contributed by atoms with E-state index in [9.17, 15) is 4.39 Å². The van der Waals surface area contributed by atoms with Crippen molar-refractivity contribution in [1.29, 1.82) is 0 Å². The zero-order valence-electron chi connectivity index (χ0n) is 7.90. The van der Waals surface area contributed by atoms with Crippen LogP contribution in [0.1, 0.15) is 5.56 Å². The fraction of sp³-hybridized carbons (Fsp3) is 0.400. The van der Waals surface area contributed by atoms with Gasteiger partial charge in [0.2, 0.25) is 0 Å². The smallest absolute Gasteiger partial charge is 0.167 e. The van der Waals surface area contributed by atoms with Gasteiger partial charge in [0, 0.05) is 0 Å². The van der Waals surface area contributed by atoms with Gasteiger partial charge in [0.25, 0.3) is 0 Å². The van der Waals surface area contributed by atoms with E-state index >= 15 is 0 Å². The van der Waals surface area contributed by atoms with Gasteiger partial charge in [-0.05, 0) is 18.6 Å². The summed E-state index contributed by atoms with van der Waals surface area (Å²) in [6, 6.07) is 4.77. The van der Waals surface area contributed by atoms with Crippen LogP contribution in [0.15, 0.2) is 18.2 Å². The molecule has 0 aromatic heterocycles. The lowest BCUT2D eigenvalue weighted by Crippen LogP contribution is -2.21. The van der Waals surface area contributed by atoms with Gasteiger partial charge in [-0.15, -0.1) is 0 Å². The van der Waals surface area contributed by atoms with Crippen molar-refractivity contribution in [3.8, 4) is 5.75 Å². The van der Waals surface area contributed by atoms with Crippen LogP contribution in [0.2, 0.25) is 0 Å². The summed E-state index contributed by atoms with van der Waals surface area (Å²) >= 11 is 0. The van der Waals surface area contributed by atoms with E-state index in [4.69, 9.17) is 14.9 Å². The highest BCUT2D eigenvalue weighted by molar-refractivity contribution is 5.30. The highest BCUT2D eigenvalue weighted by Crippen LogP contribution is 2.19. The number of aliphatic hydroxyl groups excluding tert-OH is 2. The Hall–Kier alpha value is -1.13. The molecule has 0 spiro atoms. The summed E-state index contributed by atoms with van der Waals surface area (Å²) in [5.41, 5.74) is 0.487. The second-order valence-electron chi connectivity index (χ2n) is 3.03. The van der Waals surface area contributed by atoms with E-state index < -0.39 is 18.5 Å². The third kappa shape index (κ3) is 2.68. The number of ether oxygens (including phenoxy) is 1. The fourth-order valence-corrected chi connectivity index (χ4v) is 0.971. The van der Waals surface area contributed by atoms with Crippen LogP contribution < -0.4 is 4.74 Å². The summed E-state index contributed by atoms with van der Waals surface area (Å²) in [6.45, 7) is 1.12. The van der Waals surface area contributed by atoms with Crippen molar-refractivity contribution < 1.29 is 19.3 Å². The topological polar surface area (TPSA) is 49.7 Å². The molecule has 0 fully saturated rings. The highest BCUT2D eigenvalue weighted by Gasteiger charge is 2.08. The van der Waals surface area contributed by atoms with Gasteiger partial charge in [-0.25, -0.2) is 4.39 Å². The first kappa shape index (κ1) is 10.9. The Morgan fingerprint density at radius 1 is 1.50 bits per heavy atom. The van der Waals surface area contributed by atoms with Gasteiger partial charge in [-0.1, -0.05) is 12.1 Å². The highest BCUT2D eigenvalue weighted by atomic mass is 19.1. The van der Waals surface area contributed by atoms with Crippen LogP contribution in [0, 0.1) is 12.7 Å². The Morgan fingerprint density at radius 2 is 2.21 bits per heavy atom. The molecule has 14 heavy (non-hydrogen) atoms. The van der Waals surface area contributed by atoms with Crippen molar-refractivity contribution in [3.63, 3.8) is 0 Å². The summed E-state index contributed by atoms with van der Waals surface area (Å²) in [5.74, 6) is -0.338. The first-order valence-electron chi connectivity index (χ1n) is 4.32. The predicted octanol–water partition coefficient (Wildman–Crippen LogP) is 0.866. The molecule has 3 nitrogen and oxygen atoms in total.